The highest BCUT2D eigenvalue weighted by atomic mass is 16.5. The summed E-state index contributed by atoms with van der Waals surface area (Å²) in [4.78, 5) is 55.8. The summed E-state index contributed by atoms with van der Waals surface area (Å²) >= 11 is 0. The van der Waals surface area contributed by atoms with E-state index in [1.165, 1.54) is 0 Å². The second-order valence-corrected chi connectivity index (χ2v) is 11.6. The molecule has 2 amide bonds. The van der Waals surface area contributed by atoms with Gasteiger partial charge in [0.25, 0.3) is 0 Å². The van der Waals surface area contributed by atoms with Crippen LogP contribution >= 0.6 is 0 Å². The number of hydrogen-bond acceptors (Lipinski definition) is 8. The molecule has 0 atom stereocenters. The topological polar surface area (TPSA) is 129 Å². The number of hydrogen-bond donors (Lipinski definition) is 0. The van der Waals surface area contributed by atoms with Gasteiger partial charge in [-0.05, 0) is 24.3 Å². The Morgan fingerprint density at radius 1 is 0.659 bits per heavy atom. The van der Waals surface area contributed by atoms with E-state index in [2.05, 4.69) is 10.2 Å². The third kappa shape index (κ3) is 5.88. The van der Waals surface area contributed by atoms with Crippen molar-refractivity contribution < 1.29 is 28.7 Å². The minimum Gasteiger partial charge on any atom is -0.497 e. The third-order valence-electron chi connectivity index (χ3n) is 7.99. The Morgan fingerprint density at radius 3 is 1.34 bits per heavy atom. The Bertz CT molecular complexity index is 1620. The SMILES string of the molecule is COc1ccc2c(C(=O)C(C)C)nn(CC(=O)N3CCN(C(=O)Cn4nc(C(=O)C(C)C)c5ccc(OC)cc54)CC3)c2c1. The molecule has 5 rings (SSSR count). The quantitative estimate of drug-likeness (QED) is 0.253. The lowest BCUT2D eigenvalue weighted by molar-refractivity contribution is -0.140. The van der Waals surface area contributed by atoms with Crippen LogP contribution in [0.1, 0.15) is 48.7 Å². The maximum Gasteiger partial charge on any atom is 0.244 e. The van der Waals surface area contributed by atoms with Gasteiger partial charge in [0, 0.05) is 60.9 Å². The van der Waals surface area contributed by atoms with Crippen LogP contribution in [0, 0.1) is 11.8 Å². The number of nitrogens with zero attached hydrogens (tertiary/aromatic N) is 6. The van der Waals surface area contributed by atoms with Crippen LogP contribution in [0.4, 0.5) is 0 Å². The number of ketones is 2. The van der Waals surface area contributed by atoms with Crippen molar-refractivity contribution >= 4 is 45.2 Å². The third-order valence-corrected chi connectivity index (χ3v) is 7.99. The van der Waals surface area contributed by atoms with Gasteiger partial charge in [-0.1, -0.05) is 27.7 Å². The summed E-state index contributed by atoms with van der Waals surface area (Å²) in [6.07, 6.45) is 0. The van der Waals surface area contributed by atoms with Crippen molar-refractivity contribution in [3.8, 4) is 11.5 Å². The summed E-state index contributed by atoms with van der Waals surface area (Å²) in [5.41, 5.74) is 1.97. The molecule has 0 unspecified atom stereocenters. The predicted octanol–water partition coefficient (Wildman–Crippen LogP) is 3.45. The lowest BCUT2D eigenvalue weighted by atomic mass is 10.0. The van der Waals surface area contributed by atoms with Gasteiger partial charge in [-0.15, -0.1) is 0 Å². The van der Waals surface area contributed by atoms with Crippen molar-refractivity contribution in [2.75, 3.05) is 40.4 Å². The maximum atomic E-state index is 13.4. The van der Waals surface area contributed by atoms with Gasteiger partial charge in [-0.3, -0.25) is 28.5 Å². The summed E-state index contributed by atoms with van der Waals surface area (Å²) in [5, 5.41) is 10.4. The minimum atomic E-state index is -0.242. The molecule has 0 bridgehead atoms. The first kappa shape index (κ1) is 30.7. The van der Waals surface area contributed by atoms with Gasteiger partial charge < -0.3 is 19.3 Å². The number of aromatic nitrogens is 4. The smallest absolute Gasteiger partial charge is 0.244 e. The lowest BCUT2D eigenvalue weighted by Gasteiger charge is -2.34. The summed E-state index contributed by atoms with van der Waals surface area (Å²) in [7, 11) is 3.12. The van der Waals surface area contributed by atoms with E-state index >= 15 is 0 Å². The van der Waals surface area contributed by atoms with Crippen LogP contribution in [0.5, 0.6) is 11.5 Å². The Balaban J connectivity index is 1.28. The second-order valence-electron chi connectivity index (χ2n) is 11.6. The Morgan fingerprint density at radius 2 is 1.02 bits per heavy atom. The normalized spacial score (nSPS) is 13.7. The van der Waals surface area contributed by atoms with Crippen LogP contribution in [-0.4, -0.2) is 93.1 Å². The highest BCUT2D eigenvalue weighted by Crippen LogP contribution is 2.27. The Kier molecular flexibility index (Phi) is 8.70. The summed E-state index contributed by atoms with van der Waals surface area (Å²) < 4.78 is 13.8. The van der Waals surface area contributed by atoms with Crippen molar-refractivity contribution in [3.05, 3.63) is 47.8 Å². The molecule has 0 N–H and O–H groups in total. The largest absolute Gasteiger partial charge is 0.497 e. The Labute approximate surface area is 255 Å². The predicted molar refractivity (Wildman–Crippen MR) is 164 cm³/mol. The number of Topliss-reactive ketones (excluding diaryl/α,β-unsaturated/α-hetero) is 2. The van der Waals surface area contributed by atoms with E-state index in [1.54, 1.807) is 69.8 Å². The number of amides is 2. The molecule has 3 heterocycles. The first-order valence-corrected chi connectivity index (χ1v) is 14.8. The molecule has 0 radical (unpaired) electrons. The van der Waals surface area contributed by atoms with Gasteiger partial charge >= 0.3 is 0 Å². The average molecular weight is 603 g/mol. The van der Waals surface area contributed by atoms with E-state index in [9.17, 15) is 19.2 Å². The van der Waals surface area contributed by atoms with Crippen LogP contribution in [0.25, 0.3) is 21.8 Å². The molecule has 4 aromatic rings. The molecule has 2 aromatic heterocycles. The van der Waals surface area contributed by atoms with Crippen molar-refractivity contribution in [2.45, 2.75) is 40.8 Å². The molecule has 0 aliphatic carbocycles. The van der Waals surface area contributed by atoms with E-state index in [0.717, 1.165) is 0 Å². The molecule has 1 saturated heterocycles. The Hall–Kier alpha value is -4.74. The van der Waals surface area contributed by atoms with Crippen molar-refractivity contribution in [1.29, 1.82) is 0 Å². The van der Waals surface area contributed by atoms with Gasteiger partial charge in [0.15, 0.2) is 11.6 Å². The number of piperazine rings is 1. The molecule has 1 aliphatic heterocycles. The molecule has 1 fully saturated rings. The van der Waals surface area contributed by atoms with Crippen LogP contribution in [-0.2, 0) is 22.7 Å². The fourth-order valence-electron chi connectivity index (χ4n) is 5.37. The maximum absolute atomic E-state index is 13.4. The number of methoxy groups -OCH3 is 2. The van der Waals surface area contributed by atoms with E-state index in [4.69, 9.17) is 9.47 Å². The number of benzene rings is 2. The number of rotatable bonds is 10. The van der Waals surface area contributed by atoms with Gasteiger partial charge in [-0.2, -0.15) is 10.2 Å². The highest BCUT2D eigenvalue weighted by molar-refractivity contribution is 6.08. The first-order chi connectivity index (χ1) is 21.0. The minimum absolute atomic E-state index is 0.0449. The van der Waals surface area contributed by atoms with Crippen LogP contribution < -0.4 is 9.47 Å². The molecular formula is C32H38N6O6. The lowest BCUT2D eigenvalue weighted by Crippen LogP contribution is -2.52. The standard InChI is InChI=1S/C32H38N6O6/c1-19(2)31(41)29-23-9-7-21(43-5)15-25(23)37(33-29)17-27(39)35-11-13-36(14-12-35)28(40)18-38-26-16-22(44-6)8-10-24(26)30(34-38)32(42)20(3)4/h7-10,15-16,19-20H,11-14,17-18H2,1-6H3. The molecule has 0 spiro atoms. The number of ether oxygens (including phenoxy) is 2. The van der Waals surface area contributed by atoms with Crippen molar-refractivity contribution in [2.24, 2.45) is 11.8 Å². The fraction of sp³-hybridized carbons (Fsp3) is 0.438. The van der Waals surface area contributed by atoms with E-state index in [-0.39, 0.29) is 48.3 Å². The highest BCUT2D eigenvalue weighted by Gasteiger charge is 2.28. The number of carbonyl (C=O) groups excluding carboxylic acids is 4. The van der Waals surface area contributed by atoms with Crippen molar-refractivity contribution in [1.82, 2.24) is 29.4 Å². The van der Waals surface area contributed by atoms with Gasteiger partial charge in [0.1, 0.15) is 36.0 Å². The van der Waals surface area contributed by atoms with E-state index in [1.807, 2.05) is 27.7 Å². The second kappa shape index (κ2) is 12.5. The van der Waals surface area contributed by atoms with Crippen LogP contribution in [0.15, 0.2) is 36.4 Å². The first-order valence-electron chi connectivity index (χ1n) is 14.8. The molecule has 12 heteroatoms. The summed E-state index contributed by atoms with van der Waals surface area (Å²) in [6, 6.07) is 10.7. The van der Waals surface area contributed by atoms with Crippen LogP contribution in [0.3, 0.4) is 0 Å². The monoisotopic (exact) mass is 602 g/mol. The van der Waals surface area contributed by atoms with Crippen LogP contribution in [0.2, 0.25) is 0 Å². The van der Waals surface area contributed by atoms with Gasteiger partial charge in [0.05, 0.1) is 25.3 Å². The van der Waals surface area contributed by atoms with Gasteiger partial charge in [-0.25, -0.2) is 0 Å². The molecular weight excluding hydrogens is 564 g/mol. The van der Waals surface area contributed by atoms with E-state index < -0.39 is 0 Å². The molecule has 232 valence electrons. The zero-order valence-corrected chi connectivity index (χ0v) is 26.0. The molecule has 1 aliphatic rings. The molecule has 2 aromatic carbocycles. The molecule has 44 heavy (non-hydrogen) atoms. The summed E-state index contributed by atoms with van der Waals surface area (Å²) in [5.74, 6) is 0.217. The van der Waals surface area contributed by atoms with Gasteiger partial charge in [0.2, 0.25) is 11.8 Å². The number of fused-ring (bicyclic) bond motifs is 2. The van der Waals surface area contributed by atoms with Crippen molar-refractivity contribution in [3.63, 3.8) is 0 Å². The van der Waals surface area contributed by atoms with E-state index in [0.29, 0.717) is 70.9 Å². The zero-order chi connectivity index (χ0) is 31.7. The molecule has 12 nitrogen and oxygen atoms in total. The number of carbonyl (C=O) groups is 4. The zero-order valence-electron chi connectivity index (χ0n) is 26.0. The fourth-order valence-corrected chi connectivity index (χ4v) is 5.37. The molecule has 0 saturated carbocycles. The summed E-state index contributed by atoms with van der Waals surface area (Å²) in [6.45, 7) is 8.61. The average Bonchev–Trinajstić information content (AvgIpc) is 3.57.